The van der Waals surface area contributed by atoms with Crippen molar-refractivity contribution < 1.29 is 0 Å². The van der Waals surface area contributed by atoms with E-state index >= 15 is 0 Å². The molecule has 0 unspecified atom stereocenters. The van der Waals surface area contributed by atoms with Crippen molar-refractivity contribution in [3.63, 3.8) is 0 Å². The average Bonchev–Trinajstić information content (AvgIpc) is 2.44. The maximum Gasteiger partial charge on any atom is 0.113 e. The Bertz CT molecular complexity index is 469. The lowest BCUT2D eigenvalue weighted by Crippen LogP contribution is -2.53. The zero-order valence-electron chi connectivity index (χ0n) is 10.6. The van der Waals surface area contributed by atoms with Gasteiger partial charge < -0.3 is 10.6 Å². The van der Waals surface area contributed by atoms with Crippen molar-refractivity contribution in [2.75, 3.05) is 14.1 Å². The summed E-state index contributed by atoms with van der Waals surface area (Å²) >= 11 is 11.1. The number of hydrogen-bond acceptors (Lipinski definition) is 3. The number of nitrogens with one attached hydrogen (secondary N) is 2. The van der Waals surface area contributed by atoms with Gasteiger partial charge in [0.1, 0.15) is 5.41 Å². The van der Waals surface area contributed by atoms with Crippen molar-refractivity contribution in [1.29, 1.82) is 0 Å². The molecule has 0 amide bonds. The quantitative estimate of drug-likeness (QED) is 0.807. The normalized spacial score (nSPS) is 16.6. The molecule has 3 nitrogen and oxygen atoms in total. The van der Waals surface area contributed by atoms with Gasteiger partial charge in [-0.15, -0.1) is 0 Å². The molecule has 0 spiro atoms. The van der Waals surface area contributed by atoms with E-state index in [-0.39, 0.29) is 0 Å². The SMILES string of the molecule is CNC(=S)C1(C(=S)NC)CCCc2cccnc21. The van der Waals surface area contributed by atoms with Crippen molar-refractivity contribution in [2.24, 2.45) is 0 Å². The minimum Gasteiger partial charge on any atom is -0.382 e. The van der Waals surface area contributed by atoms with Gasteiger partial charge >= 0.3 is 0 Å². The number of pyridine rings is 1. The van der Waals surface area contributed by atoms with Gasteiger partial charge in [0.2, 0.25) is 0 Å². The fraction of sp³-hybridized carbons (Fsp3) is 0.462. The second kappa shape index (κ2) is 5.28. The zero-order chi connectivity index (χ0) is 13.2. The van der Waals surface area contributed by atoms with Gasteiger partial charge in [-0.2, -0.15) is 0 Å². The lowest BCUT2D eigenvalue weighted by atomic mass is 9.72. The molecule has 1 heterocycles. The van der Waals surface area contributed by atoms with Crippen molar-refractivity contribution >= 4 is 34.4 Å². The van der Waals surface area contributed by atoms with E-state index < -0.39 is 5.41 Å². The van der Waals surface area contributed by atoms with Crippen LogP contribution in [0, 0.1) is 0 Å². The van der Waals surface area contributed by atoms with Crippen LogP contribution in [-0.4, -0.2) is 29.1 Å². The monoisotopic (exact) mass is 279 g/mol. The average molecular weight is 279 g/mol. The third kappa shape index (κ3) is 1.91. The molecule has 1 aromatic heterocycles. The lowest BCUT2D eigenvalue weighted by Gasteiger charge is -2.38. The number of hydrogen-bond donors (Lipinski definition) is 2. The third-order valence-electron chi connectivity index (χ3n) is 3.52. The van der Waals surface area contributed by atoms with Crippen molar-refractivity contribution in [1.82, 2.24) is 15.6 Å². The van der Waals surface area contributed by atoms with Crippen molar-refractivity contribution in [3.05, 3.63) is 29.6 Å². The van der Waals surface area contributed by atoms with E-state index in [2.05, 4.69) is 21.7 Å². The van der Waals surface area contributed by atoms with E-state index in [0.717, 1.165) is 34.9 Å². The molecular formula is C13H17N3S2. The van der Waals surface area contributed by atoms with Crippen LogP contribution in [0.2, 0.25) is 0 Å². The van der Waals surface area contributed by atoms with Gasteiger partial charge in [0.15, 0.2) is 0 Å². The molecule has 0 fully saturated rings. The summed E-state index contributed by atoms with van der Waals surface area (Å²) in [5.74, 6) is 0. The van der Waals surface area contributed by atoms with Gasteiger partial charge in [-0.3, -0.25) is 4.98 Å². The van der Waals surface area contributed by atoms with Crippen molar-refractivity contribution in [3.8, 4) is 0 Å². The molecule has 0 aliphatic heterocycles. The van der Waals surface area contributed by atoms with E-state index in [1.807, 2.05) is 26.4 Å². The summed E-state index contributed by atoms with van der Waals surface area (Å²) in [6.45, 7) is 0. The molecule has 2 rings (SSSR count). The first-order chi connectivity index (χ1) is 8.66. The molecule has 1 aliphatic carbocycles. The Morgan fingerprint density at radius 1 is 1.28 bits per heavy atom. The maximum atomic E-state index is 5.53. The molecule has 5 heteroatoms. The second-order valence-corrected chi connectivity index (χ2v) is 5.24. The van der Waals surface area contributed by atoms with Crippen LogP contribution in [-0.2, 0) is 11.8 Å². The smallest absolute Gasteiger partial charge is 0.113 e. The fourth-order valence-electron chi connectivity index (χ4n) is 2.66. The molecule has 0 aromatic carbocycles. The molecule has 1 aromatic rings. The van der Waals surface area contributed by atoms with E-state index in [4.69, 9.17) is 24.4 Å². The van der Waals surface area contributed by atoms with Crippen LogP contribution in [0.1, 0.15) is 24.1 Å². The number of aromatic nitrogens is 1. The first-order valence-corrected chi connectivity index (χ1v) is 6.87. The number of rotatable bonds is 2. The topological polar surface area (TPSA) is 37.0 Å². The fourth-order valence-corrected chi connectivity index (χ4v) is 3.33. The Morgan fingerprint density at radius 2 is 1.94 bits per heavy atom. The molecule has 96 valence electrons. The molecule has 18 heavy (non-hydrogen) atoms. The summed E-state index contributed by atoms with van der Waals surface area (Å²) in [4.78, 5) is 6.06. The Balaban J connectivity index is 2.62. The zero-order valence-corrected chi connectivity index (χ0v) is 12.3. The summed E-state index contributed by atoms with van der Waals surface area (Å²) in [7, 11) is 3.69. The minimum atomic E-state index is -0.441. The van der Waals surface area contributed by atoms with E-state index in [0.29, 0.717) is 0 Å². The Labute approximate surface area is 118 Å². The highest BCUT2D eigenvalue weighted by atomic mass is 32.1. The molecule has 0 bridgehead atoms. The summed E-state index contributed by atoms with van der Waals surface area (Å²) in [5, 5.41) is 6.19. The number of fused-ring (bicyclic) bond motifs is 1. The molecule has 0 atom stereocenters. The van der Waals surface area contributed by atoms with Crippen LogP contribution in [0.4, 0.5) is 0 Å². The number of thiocarbonyl (C=S) groups is 2. The third-order valence-corrected chi connectivity index (χ3v) is 4.63. The number of likely N-dealkylation sites (N-methyl/N-ethyl adjacent to an activating group) is 2. The highest BCUT2D eigenvalue weighted by Gasteiger charge is 2.45. The standard InChI is InChI=1S/C13H17N3S2/c1-14-11(17)13(12(18)15-2)7-3-5-9-6-4-8-16-10(9)13/h4,6,8H,3,5,7H2,1-2H3,(H,14,17)(H,15,18). The molecule has 1 aliphatic rings. The minimum absolute atomic E-state index is 0.441. The van der Waals surface area contributed by atoms with E-state index in [9.17, 15) is 0 Å². The van der Waals surface area contributed by atoms with Gasteiger partial charge in [-0.05, 0) is 30.9 Å². The van der Waals surface area contributed by atoms with Crippen LogP contribution >= 0.6 is 24.4 Å². The summed E-state index contributed by atoms with van der Waals surface area (Å²) in [6, 6.07) is 4.09. The first-order valence-electron chi connectivity index (χ1n) is 6.05. The molecule has 0 saturated carbocycles. The highest BCUT2D eigenvalue weighted by molar-refractivity contribution is 7.82. The lowest BCUT2D eigenvalue weighted by molar-refractivity contribution is 0.557. The van der Waals surface area contributed by atoms with Crippen LogP contribution in [0.25, 0.3) is 0 Å². The van der Waals surface area contributed by atoms with Gasteiger partial charge in [-0.1, -0.05) is 30.5 Å². The maximum absolute atomic E-state index is 5.53. The Morgan fingerprint density at radius 3 is 2.56 bits per heavy atom. The van der Waals surface area contributed by atoms with Crippen LogP contribution < -0.4 is 10.6 Å². The van der Waals surface area contributed by atoms with Crippen LogP contribution in [0.3, 0.4) is 0 Å². The van der Waals surface area contributed by atoms with Gasteiger partial charge in [0, 0.05) is 20.3 Å². The number of nitrogens with zero attached hydrogens (tertiary/aromatic N) is 1. The largest absolute Gasteiger partial charge is 0.382 e. The Hall–Kier alpha value is -1.07. The highest BCUT2D eigenvalue weighted by Crippen LogP contribution is 2.37. The van der Waals surface area contributed by atoms with Gasteiger partial charge in [0.05, 0.1) is 15.7 Å². The molecule has 2 N–H and O–H groups in total. The van der Waals surface area contributed by atoms with Gasteiger partial charge in [0.25, 0.3) is 0 Å². The molecule has 0 saturated heterocycles. The molecular weight excluding hydrogens is 262 g/mol. The van der Waals surface area contributed by atoms with E-state index in [1.165, 1.54) is 5.56 Å². The molecule has 0 radical (unpaired) electrons. The number of aryl methyl sites for hydroxylation is 1. The second-order valence-electron chi connectivity index (χ2n) is 4.43. The van der Waals surface area contributed by atoms with Crippen LogP contribution in [0.15, 0.2) is 18.3 Å². The summed E-state index contributed by atoms with van der Waals surface area (Å²) < 4.78 is 0. The van der Waals surface area contributed by atoms with Gasteiger partial charge in [-0.25, -0.2) is 0 Å². The summed E-state index contributed by atoms with van der Waals surface area (Å²) in [5.41, 5.74) is 1.82. The summed E-state index contributed by atoms with van der Waals surface area (Å²) in [6.07, 6.45) is 4.84. The predicted octanol–water partition coefficient (Wildman–Crippen LogP) is 1.75. The first kappa shape index (κ1) is 13.4. The predicted molar refractivity (Wildman–Crippen MR) is 82.2 cm³/mol. The van der Waals surface area contributed by atoms with Crippen LogP contribution in [0.5, 0.6) is 0 Å². The van der Waals surface area contributed by atoms with Crippen molar-refractivity contribution in [2.45, 2.75) is 24.7 Å². The Kier molecular flexibility index (Phi) is 3.92. The van der Waals surface area contributed by atoms with E-state index in [1.54, 1.807) is 0 Å².